The van der Waals surface area contributed by atoms with E-state index in [1.807, 2.05) is 12.1 Å². The first kappa shape index (κ1) is 29.7. The van der Waals surface area contributed by atoms with Crippen LogP contribution in [0.15, 0.2) is 64.5 Å². The molecule has 2 saturated carbocycles. The second-order valence-corrected chi connectivity index (χ2v) is 14.3. The van der Waals surface area contributed by atoms with Gasteiger partial charge in [-0.25, -0.2) is 4.79 Å². The van der Waals surface area contributed by atoms with Crippen LogP contribution in [0.5, 0.6) is 0 Å². The van der Waals surface area contributed by atoms with Gasteiger partial charge in [0, 0.05) is 47.8 Å². The number of benzene rings is 1. The molecule has 0 bridgehead atoms. The largest absolute Gasteiger partial charge is 0.472 e. The van der Waals surface area contributed by atoms with Crippen molar-refractivity contribution in [3.8, 4) is 0 Å². The Morgan fingerprint density at radius 3 is 2.43 bits per heavy atom. The van der Waals surface area contributed by atoms with Gasteiger partial charge in [0.1, 0.15) is 12.2 Å². The molecule has 1 aromatic carbocycles. The standard InChI is InChI=1S/C35H42O9/c1-18-22(21-11-12-40-16-21)13-23-28(18)35(5)24(14-27(38)43-23)34(4)25(37)15-26(42-19(2)36)33(3)17-41-29(30(33)34)31(35)44-32(39)20-9-7-6-8-10-20/h6-12,16,22-27,29-31,37-38H,13-15,17H2,1-5H3/t22-,23+,24-,25+,26-,27-,29-,30+,31-,33-,34+,35-/m1/s1. The minimum atomic E-state index is -1.09. The maximum absolute atomic E-state index is 13.9. The zero-order valence-corrected chi connectivity index (χ0v) is 25.9. The van der Waals surface area contributed by atoms with Crippen molar-refractivity contribution in [3.05, 3.63) is 71.2 Å². The van der Waals surface area contributed by atoms with E-state index in [0.29, 0.717) is 12.0 Å². The van der Waals surface area contributed by atoms with Crippen molar-refractivity contribution in [2.75, 3.05) is 6.61 Å². The fourth-order valence-corrected chi connectivity index (χ4v) is 10.3. The van der Waals surface area contributed by atoms with Gasteiger partial charge in [-0.05, 0) is 48.6 Å². The lowest BCUT2D eigenvalue weighted by Crippen LogP contribution is -2.72. The normalized spacial score (nSPS) is 44.3. The molecule has 5 aliphatic rings. The first-order valence-corrected chi connectivity index (χ1v) is 15.7. The van der Waals surface area contributed by atoms with Crippen LogP contribution >= 0.6 is 0 Å². The van der Waals surface area contributed by atoms with Crippen molar-refractivity contribution in [2.24, 2.45) is 28.1 Å². The number of hydrogen-bond acceptors (Lipinski definition) is 9. The molecule has 9 nitrogen and oxygen atoms in total. The molecule has 3 aliphatic carbocycles. The molecule has 2 saturated heterocycles. The van der Waals surface area contributed by atoms with Crippen molar-refractivity contribution in [3.63, 3.8) is 0 Å². The number of hydrogen-bond donors (Lipinski definition) is 2. The quantitative estimate of drug-likeness (QED) is 0.374. The van der Waals surface area contributed by atoms with Crippen LogP contribution in [0.1, 0.15) is 75.7 Å². The van der Waals surface area contributed by atoms with Gasteiger partial charge in [0.15, 0.2) is 6.29 Å². The number of rotatable bonds is 4. The highest BCUT2D eigenvalue weighted by molar-refractivity contribution is 5.89. The number of furan rings is 1. The summed E-state index contributed by atoms with van der Waals surface area (Å²) in [5, 5.41) is 23.6. The Kier molecular flexibility index (Phi) is 6.94. The van der Waals surface area contributed by atoms with E-state index in [-0.39, 0.29) is 37.2 Å². The van der Waals surface area contributed by atoms with Gasteiger partial charge in [0.2, 0.25) is 0 Å². The van der Waals surface area contributed by atoms with E-state index in [4.69, 9.17) is 23.4 Å². The number of allylic oxidation sites excluding steroid dienone is 1. The van der Waals surface area contributed by atoms with Crippen LogP contribution in [0.2, 0.25) is 0 Å². The second-order valence-electron chi connectivity index (χ2n) is 14.3. The van der Waals surface area contributed by atoms with Crippen molar-refractivity contribution in [1.29, 1.82) is 0 Å². The number of aliphatic hydroxyl groups excluding tert-OH is 2. The lowest BCUT2D eigenvalue weighted by atomic mass is 9.39. The topological polar surface area (TPSA) is 125 Å². The number of esters is 2. The molecular formula is C35H42O9. The average Bonchev–Trinajstić information content (AvgIpc) is 3.69. The highest BCUT2D eigenvalue weighted by Crippen LogP contribution is 2.72. The molecule has 0 spiro atoms. The third kappa shape index (κ3) is 4.05. The molecule has 12 atom stereocenters. The Bertz CT molecular complexity index is 1470. The summed E-state index contributed by atoms with van der Waals surface area (Å²) in [4.78, 5) is 26.1. The summed E-state index contributed by atoms with van der Waals surface area (Å²) in [5.74, 6) is -1.60. The minimum absolute atomic E-state index is 0.00748. The van der Waals surface area contributed by atoms with Crippen LogP contribution < -0.4 is 0 Å². The second kappa shape index (κ2) is 10.3. The number of carbonyl (C=O) groups excluding carboxylic acids is 2. The summed E-state index contributed by atoms with van der Waals surface area (Å²) in [6, 6.07) is 10.9. The lowest BCUT2D eigenvalue weighted by Gasteiger charge is -2.66. The monoisotopic (exact) mass is 606 g/mol. The molecule has 236 valence electrons. The Morgan fingerprint density at radius 1 is 1.00 bits per heavy atom. The first-order valence-electron chi connectivity index (χ1n) is 15.7. The van der Waals surface area contributed by atoms with Gasteiger partial charge in [0.25, 0.3) is 0 Å². The van der Waals surface area contributed by atoms with E-state index in [9.17, 15) is 19.8 Å². The van der Waals surface area contributed by atoms with Gasteiger partial charge in [-0.15, -0.1) is 0 Å². The predicted octanol–water partition coefficient (Wildman–Crippen LogP) is 4.78. The minimum Gasteiger partial charge on any atom is -0.472 e. The average molecular weight is 607 g/mol. The molecule has 1 aromatic heterocycles. The highest BCUT2D eigenvalue weighted by atomic mass is 16.6. The molecule has 9 heteroatoms. The summed E-state index contributed by atoms with van der Waals surface area (Å²) in [7, 11) is 0. The van der Waals surface area contributed by atoms with E-state index in [0.717, 1.165) is 16.7 Å². The van der Waals surface area contributed by atoms with Gasteiger partial charge in [0.05, 0.1) is 43.0 Å². The Balaban J connectivity index is 1.43. The Hall–Kier alpha value is -2.98. The van der Waals surface area contributed by atoms with E-state index in [1.54, 1.807) is 36.8 Å². The van der Waals surface area contributed by atoms with Crippen molar-refractivity contribution < 1.29 is 43.2 Å². The van der Waals surface area contributed by atoms with Crippen LogP contribution in [-0.2, 0) is 23.7 Å². The summed E-state index contributed by atoms with van der Waals surface area (Å²) < 4.78 is 31.0. The molecule has 7 rings (SSSR count). The van der Waals surface area contributed by atoms with Crippen LogP contribution in [0.25, 0.3) is 0 Å². The SMILES string of the molecule is CC(=O)O[C@@H]1C[C@H](O)[C@@]2(C)[C@H]3[C@@H](OC[C@]13C)[C@@H](OC(=O)c1ccccc1)[C@@]1(C)C3=C(C)[C@H](c4ccoc4)C[C@@H]3O[C@@H](O)C[C@@H]12. The van der Waals surface area contributed by atoms with Crippen molar-refractivity contribution >= 4 is 11.9 Å². The third-order valence-corrected chi connectivity index (χ3v) is 12.1. The van der Waals surface area contributed by atoms with Crippen molar-refractivity contribution in [1.82, 2.24) is 0 Å². The molecule has 3 heterocycles. The fraction of sp³-hybridized carbons (Fsp3) is 0.600. The van der Waals surface area contributed by atoms with Gasteiger partial charge in [-0.2, -0.15) is 0 Å². The zero-order valence-electron chi connectivity index (χ0n) is 25.9. The summed E-state index contributed by atoms with van der Waals surface area (Å²) in [6.45, 7) is 9.99. The molecule has 0 amide bonds. The molecule has 44 heavy (non-hydrogen) atoms. The molecular weight excluding hydrogens is 564 g/mol. The number of aliphatic hydroxyl groups is 2. The Morgan fingerprint density at radius 2 is 1.75 bits per heavy atom. The summed E-state index contributed by atoms with van der Waals surface area (Å²) in [6.07, 6.45) is 0.148. The Labute approximate surface area is 257 Å². The van der Waals surface area contributed by atoms with Crippen molar-refractivity contribution in [2.45, 2.75) is 96.6 Å². The van der Waals surface area contributed by atoms with Gasteiger partial charge >= 0.3 is 11.9 Å². The van der Waals surface area contributed by atoms with Gasteiger partial charge in [-0.1, -0.05) is 44.5 Å². The number of fused-ring (bicyclic) bond motifs is 4. The van der Waals surface area contributed by atoms with Gasteiger partial charge < -0.3 is 33.6 Å². The maximum atomic E-state index is 13.9. The first-order chi connectivity index (χ1) is 20.9. The molecule has 0 radical (unpaired) electrons. The molecule has 2 N–H and O–H groups in total. The molecule has 4 fully saturated rings. The van der Waals surface area contributed by atoms with E-state index >= 15 is 0 Å². The van der Waals surface area contributed by atoms with Gasteiger partial charge in [-0.3, -0.25) is 4.79 Å². The molecule has 2 aromatic rings. The maximum Gasteiger partial charge on any atom is 0.338 e. The molecule has 0 unspecified atom stereocenters. The van der Waals surface area contributed by atoms with Crippen LogP contribution in [0, 0.1) is 28.1 Å². The summed E-state index contributed by atoms with van der Waals surface area (Å²) >= 11 is 0. The fourth-order valence-electron chi connectivity index (χ4n) is 10.3. The van der Waals surface area contributed by atoms with Crippen LogP contribution in [-0.4, -0.2) is 65.6 Å². The van der Waals surface area contributed by atoms with Crippen LogP contribution in [0.4, 0.5) is 0 Å². The summed E-state index contributed by atoms with van der Waals surface area (Å²) in [5.41, 5.74) is 1.21. The van der Waals surface area contributed by atoms with Crippen LogP contribution in [0.3, 0.4) is 0 Å². The van der Waals surface area contributed by atoms with E-state index in [1.165, 1.54) is 6.92 Å². The molecule has 2 aliphatic heterocycles. The van der Waals surface area contributed by atoms with E-state index in [2.05, 4.69) is 27.7 Å². The number of carbonyl (C=O) groups is 2. The third-order valence-electron chi connectivity index (χ3n) is 12.1. The smallest absolute Gasteiger partial charge is 0.338 e. The number of ether oxygens (including phenoxy) is 4. The predicted molar refractivity (Wildman–Crippen MR) is 157 cm³/mol. The highest BCUT2D eigenvalue weighted by Gasteiger charge is 2.77. The lowest BCUT2D eigenvalue weighted by molar-refractivity contribution is -0.254. The van der Waals surface area contributed by atoms with E-state index < -0.39 is 65.0 Å². The zero-order chi connectivity index (χ0) is 31.2.